The third-order valence-electron chi connectivity index (χ3n) is 6.71. The van der Waals surface area contributed by atoms with Crippen LogP contribution in [0.4, 0.5) is 5.69 Å². The van der Waals surface area contributed by atoms with Gasteiger partial charge in [0.1, 0.15) is 5.75 Å². The van der Waals surface area contributed by atoms with Crippen molar-refractivity contribution in [3.8, 4) is 16.9 Å². The Kier molecular flexibility index (Phi) is 6.57. The highest BCUT2D eigenvalue weighted by molar-refractivity contribution is 5.78. The highest BCUT2D eigenvalue weighted by Crippen LogP contribution is 2.41. The molecule has 2 nitrogen and oxygen atoms in total. The molecular weight excluding hydrogens is 342 g/mol. The molecule has 0 N–H and O–H groups in total. The van der Waals surface area contributed by atoms with Crippen LogP contribution in [0.1, 0.15) is 58.3 Å². The first-order chi connectivity index (χ1) is 13.8. The normalized spacial score (nSPS) is 19.0. The number of para-hydroxylation sites is 1. The van der Waals surface area contributed by atoms with Crippen LogP contribution in [0.25, 0.3) is 11.1 Å². The van der Waals surface area contributed by atoms with Gasteiger partial charge in [-0.3, -0.25) is 0 Å². The van der Waals surface area contributed by atoms with E-state index < -0.39 is 0 Å². The molecule has 0 radical (unpaired) electrons. The molecule has 2 aliphatic rings. The van der Waals surface area contributed by atoms with Crippen LogP contribution in [0.15, 0.2) is 48.5 Å². The number of piperidine rings is 1. The zero-order valence-corrected chi connectivity index (χ0v) is 17.4. The molecule has 1 heterocycles. The Morgan fingerprint density at radius 3 is 2.25 bits per heavy atom. The van der Waals surface area contributed by atoms with Gasteiger partial charge < -0.3 is 9.64 Å². The van der Waals surface area contributed by atoms with E-state index in [4.69, 9.17) is 4.74 Å². The molecule has 0 amide bonds. The Morgan fingerprint density at radius 1 is 0.821 bits per heavy atom. The van der Waals surface area contributed by atoms with Gasteiger partial charge in [0.15, 0.2) is 0 Å². The SMILES string of the molecule is CCOc1c(-c2ccccc2)cccc1N1CCC(CC2CCCCC2)CC1. The molecule has 2 aromatic carbocycles. The minimum Gasteiger partial charge on any atom is -0.491 e. The van der Waals surface area contributed by atoms with Gasteiger partial charge in [-0.05, 0) is 49.7 Å². The van der Waals surface area contributed by atoms with E-state index in [1.807, 2.05) is 0 Å². The predicted octanol–water partition coefficient (Wildman–Crippen LogP) is 6.94. The first kappa shape index (κ1) is 19.4. The van der Waals surface area contributed by atoms with Gasteiger partial charge in [0.05, 0.1) is 12.3 Å². The predicted molar refractivity (Wildman–Crippen MR) is 119 cm³/mol. The topological polar surface area (TPSA) is 12.5 Å². The van der Waals surface area contributed by atoms with E-state index in [0.29, 0.717) is 6.61 Å². The van der Waals surface area contributed by atoms with E-state index in [9.17, 15) is 0 Å². The van der Waals surface area contributed by atoms with Crippen molar-refractivity contribution in [3.05, 3.63) is 48.5 Å². The van der Waals surface area contributed by atoms with Crippen LogP contribution in [-0.4, -0.2) is 19.7 Å². The Morgan fingerprint density at radius 2 is 1.54 bits per heavy atom. The van der Waals surface area contributed by atoms with E-state index in [1.165, 1.54) is 68.2 Å². The molecule has 2 heteroatoms. The lowest BCUT2D eigenvalue weighted by Crippen LogP contribution is -2.34. The van der Waals surface area contributed by atoms with Crippen molar-refractivity contribution in [3.63, 3.8) is 0 Å². The first-order valence-electron chi connectivity index (χ1n) is 11.4. The van der Waals surface area contributed by atoms with Gasteiger partial charge in [-0.15, -0.1) is 0 Å². The summed E-state index contributed by atoms with van der Waals surface area (Å²) >= 11 is 0. The lowest BCUT2D eigenvalue weighted by Gasteiger charge is -2.36. The van der Waals surface area contributed by atoms with Crippen molar-refractivity contribution in [1.82, 2.24) is 0 Å². The second-order valence-electron chi connectivity index (χ2n) is 8.62. The van der Waals surface area contributed by atoms with Crippen molar-refractivity contribution in [2.45, 2.75) is 58.3 Å². The van der Waals surface area contributed by atoms with Gasteiger partial charge in [0.2, 0.25) is 0 Å². The number of hydrogen-bond acceptors (Lipinski definition) is 2. The summed E-state index contributed by atoms with van der Waals surface area (Å²) in [5, 5.41) is 0. The number of nitrogens with zero attached hydrogens (tertiary/aromatic N) is 1. The molecule has 4 rings (SSSR count). The molecule has 0 atom stereocenters. The maximum Gasteiger partial charge on any atom is 0.150 e. The second-order valence-corrected chi connectivity index (χ2v) is 8.62. The molecule has 1 aliphatic heterocycles. The zero-order chi connectivity index (χ0) is 19.2. The highest BCUT2D eigenvalue weighted by Gasteiger charge is 2.25. The van der Waals surface area contributed by atoms with E-state index >= 15 is 0 Å². The number of ether oxygens (including phenoxy) is 1. The van der Waals surface area contributed by atoms with Gasteiger partial charge in [0, 0.05) is 18.7 Å². The van der Waals surface area contributed by atoms with Crippen LogP contribution in [0.3, 0.4) is 0 Å². The van der Waals surface area contributed by atoms with Crippen molar-refractivity contribution in [1.29, 1.82) is 0 Å². The molecular formula is C26H35NO. The monoisotopic (exact) mass is 377 g/mol. The maximum atomic E-state index is 6.18. The van der Waals surface area contributed by atoms with E-state index in [1.54, 1.807) is 0 Å². The Bertz CT molecular complexity index is 727. The Labute approximate surface area is 170 Å². The zero-order valence-electron chi connectivity index (χ0n) is 17.4. The fourth-order valence-corrected chi connectivity index (χ4v) is 5.22. The van der Waals surface area contributed by atoms with Gasteiger partial charge in [-0.25, -0.2) is 0 Å². The molecule has 28 heavy (non-hydrogen) atoms. The summed E-state index contributed by atoms with van der Waals surface area (Å²) in [6.07, 6.45) is 11.5. The third-order valence-corrected chi connectivity index (χ3v) is 6.71. The average Bonchev–Trinajstić information content (AvgIpc) is 2.76. The van der Waals surface area contributed by atoms with Crippen LogP contribution in [0.5, 0.6) is 5.75 Å². The van der Waals surface area contributed by atoms with Crippen LogP contribution in [-0.2, 0) is 0 Å². The summed E-state index contributed by atoms with van der Waals surface area (Å²) in [6, 6.07) is 17.3. The molecule has 0 unspecified atom stereocenters. The summed E-state index contributed by atoms with van der Waals surface area (Å²) in [5.41, 5.74) is 3.73. The maximum absolute atomic E-state index is 6.18. The first-order valence-corrected chi connectivity index (χ1v) is 11.4. The quantitative estimate of drug-likeness (QED) is 0.540. The smallest absolute Gasteiger partial charge is 0.150 e. The van der Waals surface area contributed by atoms with E-state index in [2.05, 4.69) is 60.4 Å². The number of anilines is 1. The summed E-state index contributed by atoms with van der Waals surface area (Å²) in [5.74, 6) is 2.99. The average molecular weight is 378 g/mol. The van der Waals surface area contributed by atoms with Crippen molar-refractivity contribution >= 4 is 5.69 Å². The van der Waals surface area contributed by atoms with Gasteiger partial charge in [-0.2, -0.15) is 0 Å². The molecule has 1 saturated heterocycles. The van der Waals surface area contributed by atoms with Crippen molar-refractivity contribution in [2.24, 2.45) is 11.8 Å². The molecule has 0 aromatic heterocycles. The van der Waals surface area contributed by atoms with Crippen LogP contribution in [0, 0.1) is 11.8 Å². The van der Waals surface area contributed by atoms with Crippen molar-refractivity contribution in [2.75, 3.05) is 24.6 Å². The number of hydrogen-bond donors (Lipinski definition) is 0. The molecule has 150 valence electrons. The minimum atomic E-state index is 0.703. The molecule has 1 aliphatic carbocycles. The van der Waals surface area contributed by atoms with Gasteiger partial charge in [0.25, 0.3) is 0 Å². The Balaban J connectivity index is 1.47. The molecule has 1 saturated carbocycles. The number of benzene rings is 2. The lowest BCUT2D eigenvalue weighted by molar-refractivity contribution is 0.259. The molecule has 2 aromatic rings. The summed E-state index contributed by atoms with van der Waals surface area (Å²) in [6.45, 7) is 5.11. The minimum absolute atomic E-state index is 0.703. The van der Waals surface area contributed by atoms with Crippen LogP contribution < -0.4 is 9.64 Å². The molecule has 2 fully saturated rings. The summed E-state index contributed by atoms with van der Waals surface area (Å²) < 4.78 is 6.18. The lowest BCUT2D eigenvalue weighted by atomic mass is 9.80. The summed E-state index contributed by atoms with van der Waals surface area (Å²) in [7, 11) is 0. The second kappa shape index (κ2) is 9.49. The highest BCUT2D eigenvalue weighted by atomic mass is 16.5. The van der Waals surface area contributed by atoms with E-state index in [0.717, 1.165) is 30.7 Å². The van der Waals surface area contributed by atoms with Crippen molar-refractivity contribution < 1.29 is 4.74 Å². The van der Waals surface area contributed by atoms with Gasteiger partial charge >= 0.3 is 0 Å². The molecule has 0 spiro atoms. The standard InChI is InChI=1S/C26H35NO/c1-2-28-26-24(23-12-7-4-8-13-23)14-9-15-25(26)27-18-16-22(17-19-27)20-21-10-5-3-6-11-21/h4,7-9,12-15,21-22H,2-3,5-6,10-11,16-20H2,1H3. The third kappa shape index (κ3) is 4.54. The van der Waals surface area contributed by atoms with Gasteiger partial charge in [-0.1, -0.05) is 74.6 Å². The van der Waals surface area contributed by atoms with Crippen LogP contribution >= 0.6 is 0 Å². The summed E-state index contributed by atoms with van der Waals surface area (Å²) in [4.78, 5) is 2.56. The number of rotatable bonds is 6. The Hall–Kier alpha value is -1.96. The fourth-order valence-electron chi connectivity index (χ4n) is 5.22. The largest absolute Gasteiger partial charge is 0.491 e. The molecule has 0 bridgehead atoms. The van der Waals surface area contributed by atoms with Crippen LogP contribution in [0.2, 0.25) is 0 Å². The fraction of sp³-hybridized carbons (Fsp3) is 0.538. The van der Waals surface area contributed by atoms with E-state index in [-0.39, 0.29) is 0 Å².